The molecule has 3 N–H and O–H groups in total. The summed E-state index contributed by atoms with van der Waals surface area (Å²) in [5.41, 5.74) is 1.27. The van der Waals surface area contributed by atoms with Gasteiger partial charge in [0.2, 0.25) is 0 Å². The van der Waals surface area contributed by atoms with Gasteiger partial charge in [0.25, 0.3) is 30.4 Å². The van der Waals surface area contributed by atoms with Crippen LogP contribution in [0.3, 0.4) is 0 Å². The average molecular weight is 643 g/mol. The first kappa shape index (κ1) is 32.0. The molecule has 228 valence electrons. The van der Waals surface area contributed by atoms with Crippen molar-refractivity contribution in [3.05, 3.63) is 72.1 Å². The molecule has 1 aliphatic heterocycles. The van der Waals surface area contributed by atoms with Crippen molar-refractivity contribution in [2.45, 2.75) is 34.3 Å². The molecule has 15 nitrogen and oxygen atoms in total. The van der Waals surface area contributed by atoms with Gasteiger partial charge in [0, 0.05) is 77.5 Å². The summed E-state index contributed by atoms with van der Waals surface area (Å²) in [4.78, 5) is 18.0. The summed E-state index contributed by atoms with van der Waals surface area (Å²) < 4.78 is 97.9. The summed E-state index contributed by atoms with van der Waals surface area (Å²) in [6, 6.07) is 7.49. The Kier molecular flexibility index (Phi) is 10.0. The Morgan fingerprint density at radius 2 is 0.738 bits per heavy atom. The third kappa shape index (κ3) is 9.28. The quantitative estimate of drug-likeness (QED) is 0.270. The van der Waals surface area contributed by atoms with Gasteiger partial charge in [-0.25, -0.2) is 0 Å². The second kappa shape index (κ2) is 13.1. The molecule has 0 amide bonds. The van der Waals surface area contributed by atoms with Gasteiger partial charge in [0.1, 0.15) is 0 Å². The molecule has 3 aromatic rings. The normalized spacial score (nSPS) is 16.9. The second-order valence-corrected chi connectivity index (χ2v) is 14.0. The summed E-state index contributed by atoms with van der Waals surface area (Å²) in [5, 5.41) is 0. The highest BCUT2D eigenvalue weighted by Gasteiger charge is 2.21. The van der Waals surface area contributed by atoms with Crippen LogP contribution in [0.5, 0.6) is 0 Å². The SMILES string of the molecule is O=S(=O)(O)c1ccnc(CN2CCN(Cc3cc(S(=O)(=O)O)ccn3)CCN(Cc3cc(S(=O)(=O)O)ccn3)CC2)c1. The molecule has 0 radical (unpaired) electrons. The van der Waals surface area contributed by atoms with E-state index < -0.39 is 30.4 Å². The Labute approximate surface area is 244 Å². The maximum absolute atomic E-state index is 11.6. The first-order valence-corrected chi connectivity index (χ1v) is 16.9. The molecule has 3 aromatic heterocycles. The molecule has 0 unspecified atom stereocenters. The minimum atomic E-state index is -4.41. The lowest BCUT2D eigenvalue weighted by molar-refractivity contribution is 0.206. The van der Waals surface area contributed by atoms with Crippen LogP contribution in [-0.4, -0.2) is 108 Å². The zero-order valence-electron chi connectivity index (χ0n) is 22.3. The van der Waals surface area contributed by atoms with Crippen molar-refractivity contribution in [2.24, 2.45) is 0 Å². The summed E-state index contributed by atoms with van der Waals surface area (Å²) in [6.45, 7) is 3.87. The molecule has 0 spiro atoms. The van der Waals surface area contributed by atoms with Crippen molar-refractivity contribution in [1.82, 2.24) is 29.7 Å². The molecule has 0 saturated carbocycles. The topological polar surface area (TPSA) is 212 Å². The minimum Gasteiger partial charge on any atom is -0.295 e. The van der Waals surface area contributed by atoms with E-state index in [4.69, 9.17) is 0 Å². The van der Waals surface area contributed by atoms with Crippen molar-refractivity contribution in [1.29, 1.82) is 0 Å². The van der Waals surface area contributed by atoms with E-state index >= 15 is 0 Å². The van der Waals surface area contributed by atoms with Crippen LogP contribution in [0, 0.1) is 0 Å². The summed E-state index contributed by atoms with van der Waals surface area (Å²) in [6.07, 6.45) is 3.90. The number of aromatic nitrogens is 3. The van der Waals surface area contributed by atoms with Gasteiger partial charge in [-0.05, 0) is 36.4 Å². The zero-order chi connectivity index (χ0) is 30.5. The van der Waals surface area contributed by atoms with Crippen LogP contribution in [0.25, 0.3) is 0 Å². The van der Waals surface area contributed by atoms with Crippen LogP contribution >= 0.6 is 0 Å². The third-order valence-corrected chi connectivity index (χ3v) is 9.16. The Morgan fingerprint density at radius 1 is 0.500 bits per heavy atom. The maximum Gasteiger partial charge on any atom is 0.294 e. The van der Waals surface area contributed by atoms with Gasteiger partial charge in [-0.2, -0.15) is 25.3 Å². The standard InChI is InChI=1S/C24H30N6O9S3/c31-40(32,33)22-1-4-25-19(13-22)16-28-7-9-29(17-20-14-23(2-5-26-20)41(34,35)36)11-12-30(10-8-28)18-21-15-24(3-6-27-21)42(37,38)39/h1-6,13-15H,7-12,16-18H2,(H,31,32,33)(H,34,35,36)(H,37,38,39). The lowest BCUT2D eigenvalue weighted by Crippen LogP contribution is -2.35. The summed E-state index contributed by atoms with van der Waals surface area (Å²) in [7, 11) is -13.2. The van der Waals surface area contributed by atoms with Crippen molar-refractivity contribution in [3.63, 3.8) is 0 Å². The van der Waals surface area contributed by atoms with Crippen molar-refractivity contribution in [3.8, 4) is 0 Å². The smallest absolute Gasteiger partial charge is 0.294 e. The second-order valence-electron chi connectivity index (χ2n) is 9.70. The van der Waals surface area contributed by atoms with Crippen LogP contribution < -0.4 is 0 Å². The highest BCUT2D eigenvalue weighted by Crippen LogP contribution is 2.16. The van der Waals surface area contributed by atoms with Crippen LogP contribution in [0.15, 0.2) is 69.7 Å². The fourth-order valence-corrected chi connectivity index (χ4v) is 6.01. The van der Waals surface area contributed by atoms with Crippen LogP contribution in [0.4, 0.5) is 0 Å². The molecule has 0 aromatic carbocycles. The van der Waals surface area contributed by atoms with E-state index in [2.05, 4.69) is 15.0 Å². The van der Waals surface area contributed by atoms with E-state index in [0.29, 0.717) is 56.4 Å². The minimum absolute atomic E-state index is 0.262. The first-order valence-electron chi connectivity index (χ1n) is 12.6. The van der Waals surface area contributed by atoms with Gasteiger partial charge < -0.3 is 0 Å². The molecule has 18 heteroatoms. The Balaban J connectivity index is 1.57. The monoisotopic (exact) mass is 642 g/mol. The lowest BCUT2D eigenvalue weighted by atomic mass is 10.3. The van der Waals surface area contributed by atoms with Gasteiger partial charge in [-0.3, -0.25) is 43.3 Å². The highest BCUT2D eigenvalue weighted by molar-refractivity contribution is 7.86. The molecule has 0 aliphatic carbocycles. The van der Waals surface area contributed by atoms with Gasteiger partial charge in [0.15, 0.2) is 0 Å². The van der Waals surface area contributed by atoms with Crippen LogP contribution in [-0.2, 0) is 50.0 Å². The van der Waals surface area contributed by atoms with E-state index in [1.54, 1.807) is 0 Å². The fourth-order valence-electron chi connectivity index (χ4n) is 4.45. The lowest BCUT2D eigenvalue weighted by Gasteiger charge is -2.25. The predicted molar refractivity (Wildman–Crippen MR) is 148 cm³/mol. The number of rotatable bonds is 9. The summed E-state index contributed by atoms with van der Waals surface area (Å²) >= 11 is 0. The van der Waals surface area contributed by atoms with Crippen molar-refractivity contribution in [2.75, 3.05) is 39.3 Å². The first-order chi connectivity index (χ1) is 19.7. The van der Waals surface area contributed by atoms with Crippen LogP contribution in [0.1, 0.15) is 17.1 Å². The zero-order valence-corrected chi connectivity index (χ0v) is 24.7. The number of hydrogen-bond donors (Lipinski definition) is 3. The van der Waals surface area contributed by atoms with E-state index in [1.807, 2.05) is 14.7 Å². The molecule has 42 heavy (non-hydrogen) atoms. The number of nitrogens with zero attached hydrogens (tertiary/aromatic N) is 6. The number of hydrogen-bond acceptors (Lipinski definition) is 12. The van der Waals surface area contributed by atoms with E-state index in [9.17, 15) is 38.9 Å². The molecule has 4 rings (SSSR count). The maximum atomic E-state index is 11.6. The van der Waals surface area contributed by atoms with Crippen molar-refractivity contribution < 1.29 is 38.9 Å². The number of pyridine rings is 3. The van der Waals surface area contributed by atoms with Gasteiger partial charge in [-0.1, -0.05) is 0 Å². The molecular formula is C24H30N6O9S3. The Morgan fingerprint density at radius 3 is 0.952 bits per heavy atom. The molecular weight excluding hydrogens is 612 g/mol. The van der Waals surface area contributed by atoms with Gasteiger partial charge in [0.05, 0.1) is 31.8 Å². The average Bonchev–Trinajstić information content (AvgIpc) is 2.99. The molecule has 4 heterocycles. The van der Waals surface area contributed by atoms with E-state index in [0.717, 1.165) is 0 Å². The Hall–Kier alpha value is -2.94. The van der Waals surface area contributed by atoms with Crippen molar-refractivity contribution >= 4 is 30.4 Å². The molecule has 0 bridgehead atoms. The molecule has 1 saturated heterocycles. The van der Waals surface area contributed by atoms with Crippen LogP contribution in [0.2, 0.25) is 0 Å². The van der Waals surface area contributed by atoms with E-state index in [-0.39, 0.29) is 34.3 Å². The molecule has 0 atom stereocenters. The largest absolute Gasteiger partial charge is 0.295 e. The van der Waals surface area contributed by atoms with Gasteiger partial charge in [-0.15, -0.1) is 0 Å². The third-order valence-electron chi connectivity index (χ3n) is 6.61. The van der Waals surface area contributed by atoms with Gasteiger partial charge >= 0.3 is 0 Å². The molecule has 1 aliphatic rings. The highest BCUT2D eigenvalue weighted by atomic mass is 32.2. The predicted octanol–water partition coefficient (Wildman–Crippen LogP) is 0.432. The Bertz CT molecular complexity index is 1520. The molecule has 1 fully saturated rings. The van der Waals surface area contributed by atoms with E-state index in [1.165, 1.54) is 55.0 Å². The fraction of sp³-hybridized carbons (Fsp3) is 0.375. The summed E-state index contributed by atoms with van der Waals surface area (Å²) in [5.74, 6) is 0.